The summed E-state index contributed by atoms with van der Waals surface area (Å²) in [6.07, 6.45) is 3.31. The van der Waals surface area contributed by atoms with Crippen LogP contribution in [-0.2, 0) is 10.2 Å². The quantitative estimate of drug-likeness (QED) is 0.806. The van der Waals surface area contributed by atoms with Gasteiger partial charge >= 0.3 is 0 Å². The van der Waals surface area contributed by atoms with E-state index in [2.05, 4.69) is 14.4 Å². The first kappa shape index (κ1) is 11.6. The van der Waals surface area contributed by atoms with Crippen LogP contribution in [0.4, 0.5) is 5.69 Å². The van der Waals surface area contributed by atoms with Crippen LogP contribution in [0, 0.1) is 6.92 Å². The van der Waals surface area contributed by atoms with Gasteiger partial charge in [-0.3, -0.25) is 4.72 Å². The molecule has 1 aliphatic carbocycles. The molecule has 1 aliphatic rings. The molecule has 2 rings (SSSR count). The smallest absolute Gasteiger partial charge is 0.268 e. The molecule has 0 unspecified atom stereocenters. The number of rotatable bonds is 4. The van der Waals surface area contributed by atoms with Crippen molar-refractivity contribution in [2.24, 2.45) is 0 Å². The van der Waals surface area contributed by atoms with E-state index in [1.54, 1.807) is 13.0 Å². The van der Waals surface area contributed by atoms with Crippen LogP contribution in [0.25, 0.3) is 0 Å². The van der Waals surface area contributed by atoms with E-state index >= 15 is 0 Å². The highest BCUT2D eigenvalue weighted by Crippen LogP contribution is 2.25. The summed E-state index contributed by atoms with van der Waals surface area (Å²) in [7, 11) is -3.54. The minimum absolute atomic E-state index is 0.0632. The van der Waals surface area contributed by atoms with Gasteiger partial charge in [0.15, 0.2) is 5.15 Å². The fourth-order valence-electron chi connectivity index (χ4n) is 1.23. The normalized spacial score (nSPS) is 16.1. The van der Waals surface area contributed by atoms with Crippen LogP contribution < -0.4 is 9.44 Å². The number of aromatic nitrogens is 1. The van der Waals surface area contributed by atoms with Crippen LogP contribution in [0.2, 0.25) is 5.15 Å². The number of aryl methyl sites for hydroxylation is 1. The molecule has 1 aromatic rings. The average molecular weight is 262 g/mol. The summed E-state index contributed by atoms with van der Waals surface area (Å²) in [6.45, 7) is 1.77. The second-order valence-electron chi connectivity index (χ2n) is 3.79. The Morgan fingerprint density at radius 2 is 2.19 bits per heavy atom. The lowest BCUT2D eigenvalue weighted by atomic mass is 10.3. The van der Waals surface area contributed by atoms with E-state index in [1.165, 1.54) is 6.20 Å². The molecule has 0 aliphatic heterocycles. The molecule has 0 atom stereocenters. The fraction of sp³-hybridized carbons (Fsp3) is 0.444. The Labute approximate surface area is 99.4 Å². The van der Waals surface area contributed by atoms with Crippen LogP contribution in [0.3, 0.4) is 0 Å². The van der Waals surface area contributed by atoms with E-state index in [0.29, 0.717) is 5.69 Å². The molecule has 0 radical (unpaired) electrons. The Bertz CT molecular complexity index is 479. The van der Waals surface area contributed by atoms with Crippen molar-refractivity contribution in [3.8, 4) is 0 Å². The SMILES string of the molecule is Cc1ccnc(Cl)c1NS(=O)(=O)NC1CC1. The van der Waals surface area contributed by atoms with E-state index in [4.69, 9.17) is 11.6 Å². The van der Waals surface area contributed by atoms with Gasteiger partial charge in [0, 0.05) is 12.2 Å². The molecule has 0 aromatic carbocycles. The molecule has 0 spiro atoms. The molecule has 0 amide bonds. The number of hydrogen-bond acceptors (Lipinski definition) is 3. The summed E-state index contributed by atoms with van der Waals surface area (Å²) >= 11 is 5.82. The molecule has 16 heavy (non-hydrogen) atoms. The predicted molar refractivity (Wildman–Crippen MR) is 62.7 cm³/mol. The number of nitrogens with one attached hydrogen (secondary N) is 2. The van der Waals surface area contributed by atoms with Gasteiger partial charge in [0.1, 0.15) is 0 Å². The monoisotopic (exact) mass is 261 g/mol. The molecular formula is C9H12ClN3O2S. The van der Waals surface area contributed by atoms with Gasteiger partial charge in [0.25, 0.3) is 10.2 Å². The first-order valence-corrected chi connectivity index (χ1v) is 6.75. The van der Waals surface area contributed by atoms with Crippen LogP contribution in [0.15, 0.2) is 12.3 Å². The number of hydrogen-bond donors (Lipinski definition) is 2. The van der Waals surface area contributed by atoms with E-state index in [1.807, 2.05) is 0 Å². The lowest BCUT2D eigenvalue weighted by Gasteiger charge is -2.11. The summed E-state index contributed by atoms with van der Waals surface area (Å²) in [5.74, 6) is 0. The maximum absolute atomic E-state index is 11.6. The topological polar surface area (TPSA) is 71.1 Å². The molecule has 1 fully saturated rings. The lowest BCUT2D eigenvalue weighted by Crippen LogP contribution is -2.32. The zero-order valence-electron chi connectivity index (χ0n) is 8.70. The maximum atomic E-state index is 11.6. The molecular weight excluding hydrogens is 250 g/mol. The van der Waals surface area contributed by atoms with Crippen molar-refractivity contribution in [3.05, 3.63) is 23.0 Å². The number of anilines is 1. The third kappa shape index (κ3) is 2.84. The molecule has 1 aromatic heterocycles. The van der Waals surface area contributed by atoms with Crippen molar-refractivity contribution in [1.29, 1.82) is 0 Å². The molecule has 1 heterocycles. The minimum atomic E-state index is -3.54. The Kier molecular flexibility index (Phi) is 3.05. The molecule has 1 saturated carbocycles. The van der Waals surface area contributed by atoms with Gasteiger partial charge in [0.2, 0.25) is 0 Å². The van der Waals surface area contributed by atoms with Crippen molar-refractivity contribution in [3.63, 3.8) is 0 Å². The maximum Gasteiger partial charge on any atom is 0.299 e. The number of pyridine rings is 1. The average Bonchev–Trinajstić information content (AvgIpc) is 2.95. The molecule has 5 nitrogen and oxygen atoms in total. The standard InChI is InChI=1S/C9H12ClN3O2S/c1-6-4-5-11-9(10)8(6)13-16(14,15)12-7-2-3-7/h4-5,7,12-13H,2-3H2,1H3. The van der Waals surface area contributed by atoms with Crippen molar-refractivity contribution >= 4 is 27.5 Å². The van der Waals surface area contributed by atoms with Crippen molar-refractivity contribution < 1.29 is 8.42 Å². The molecule has 0 bridgehead atoms. The zero-order chi connectivity index (χ0) is 11.8. The summed E-state index contributed by atoms with van der Waals surface area (Å²) in [5.41, 5.74) is 1.07. The van der Waals surface area contributed by atoms with Crippen LogP contribution in [-0.4, -0.2) is 19.4 Å². The molecule has 7 heteroatoms. The van der Waals surface area contributed by atoms with Gasteiger partial charge in [-0.15, -0.1) is 0 Å². The van der Waals surface area contributed by atoms with E-state index < -0.39 is 10.2 Å². The van der Waals surface area contributed by atoms with Crippen molar-refractivity contribution in [2.45, 2.75) is 25.8 Å². The van der Waals surface area contributed by atoms with E-state index in [0.717, 1.165) is 18.4 Å². The first-order valence-electron chi connectivity index (χ1n) is 4.89. The zero-order valence-corrected chi connectivity index (χ0v) is 10.3. The van der Waals surface area contributed by atoms with Crippen LogP contribution in [0.5, 0.6) is 0 Å². The van der Waals surface area contributed by atoms with Gasteiger partial charge in [-0.2, -0.15) is 13.1 Å². The van der Waals surface area contributed by atoms with Gasteiger partial charge in [-0.25, -0.2) is 4.98 Å². The summed E-state index contributed by atoms with van der Waals surface area (Å²) < 4.78 is 28.2. The van der Waals surface area contributed by atoms with Gasteiger partial charge < -0.3 is 0 Å². The highest BCUT2D eigenvalue weighted by atomic mass is 35.5. The molecule has 88 valence electrons. The third-order valence-corrected chi connectivity index (χ3v) is 3.65. The Balaban J connectivity index is 2.19. The summed E-state index contributed by atoms with van der Waals surface area (Å²) in [5, 5.41) is 0.154. The molecule has 0 saturated heterocycles. The van der Waals surface area contributed by atoms with Crippen LogP contribution >= 0.6 is 11.6 Å². The second kappa shape index (κ2) is 4.20. The lowest BCUT2D eigenvalue weighted by molar-refractivity contribution is 0.586. The summed E-state index contributed by atoms with van der Waals surface area (Å²) in [4.78, 5) is 3.83. The van der Waals surface area contributed by atoms with Gasteiger partial charge in [0.05, 0.1) is 5.69 Å². The highest BCUT2D eigenvalue weighted by molar-refractivity contribution is 7.90. The predicted octanol–water partition coefficient (Wildman–Crippen LogP) is 1.45. The number of halogens is 1. The van der Waals surface area contributed by atoms with Gasteiger partial charge in [-0.05, 0) is 31.4 Å². The van der Waals surface area contributed by atoms with E-state index in [-0.39, 0.29) is 11.2 Å². The fourth-order valence-corrected chi connectivity index (χ4v) is 2.80. The van der Waals surface area contributed by atoms with Crippen molar-refractivity contribution in [1.82, 2.24) is 9.71 Å². The number of nitrogens with zero attached hydrogens (tertiary/aromatic N) is 1. The van der Waals surface area contributed by atoms with Crippen molar-refractivity contribution in [2.75, 3.05) is 4.72 Å². The van der Waals surface area contributed by atoms with Gasteiger partial charge in [-0.1, -0.05) is 11.6 Å². The van der Waals surface area contributed by atoms with Crippen LogP contribution in [0.1, 0.15) is 18.4 Å². The highest BCUT2D eigenvalue weighted by Gasteiger charge is 2.27. The first-order chi connectivity index (χ1) is 7.48. The third-order valence-electron chi connectivity index (χ3n) is 2.25. The molecule has 2 N–H and O–H groups in total. The minimum Gasteiger partial charge on any atom is -0.268 e. The largest absolute Gasteiger partial charge is 0.299 e. The Morgan fingerprint density at radius 3 is 2.75 bits per heavy atom. The second-order valence-corrected chi connectivity index (χ2v) is 5.60. The Hall–Kier alpha value is -0.850. The summed E-state index contributed by atoms with van der Waals surface area (Å²) in [6, 6.07) is 1.76. The van der Waals surface area contributed by atoms with E-state index in [9.17, 15) is 8.42 Å². The Morgan fingerprint density at radius 1 is 1.50 bits per heavy atom.